The van der Waals surface area contributed by atoms with E-state index in [1.54, 1.807) is 17.0 Å². The van der Waals surface area contributed by atoms with Gasteiger partial charge in [-0.2, -0.15) is 18.4 Å². The third-order valence-corrected chi connectivity index (χ3v) is 8.78. The standard InChI is InChI=1S/C31H36F4N8O2/c1-4-27(44)42-14-12-41(13-15-42)21-18-40(19-21)10-11-43-9-8-25(30(45)39(3)26-7-5-6-24(32)28(26)43)38-29-22(17-36)23(31(33,34)35)16-20(2)37-29/h4-7,16,21,25H,1,8-15,18-19H2,2-3H3,(H,37,38)/t25-/m0/s1. The van der Waals surface area contributed by atoms with Gasteiger partial charge in [0.15, 0.2) is 0 Å². The van der Waals surface area contributed by atoms with Crippen LogP contribution in [-0.2, 0) is 15.8 Å². The fraction of sp³-hybridized carbons (Fsp3) is 0.484. The molecule has 3 aliphatic rings. The van der Waals surface area contributed by atoms with Gasteiger partial charge < -0.3 is 20.0 Å². The van der Waals surface area contributed by atoms with Crippen molar-refractivity contribution in [3.05, 3.63) is 59.6 Å². The Morgan fingerprint density at radius 3 is 2.53 bits per heavy atom. The van der Waals surface area contributed by atoms with Gasteiger partial charge in [-0.25, -0.2) is 9.37 Å². The zero-order valence-electron chi connectivity index (χ0n) is 25.3. The van der Waals surface area contributed by atoms with Gasteiger partial charge in [0.1, 0.15) is 29.3 Å². The van der Waals surface area contributed by atoms with E-state index in [9.17, 15) is 28.0 Å². The summed E-state index contributed by atoms with van der Waals surface area (Å²) in [5.74, 6) is -1.33. The first-order chi connectivity index (χ1) is 21.4. The number of nitriles is 1. The van der Waals surface area contributed by atoms with E-state index in [1.807, 2.05) is 4.90 Å². The summed E-state index contributed by atoms with van der Waals surface area (Å²) in [5.41, 5.74) is -1.13. The average molecular weight is 629 g/mol. The molecule has 1 aromatic carbocycles. The second-order valence-corrected chi connectivity index (χ2v) is 11.6. The molecule has 2 amide bonds. The summed E-state index contributed by atoms with van der Waals surface area (Å²) in [6.07, 6.45) is -3.31. The van der Waals surface area contributed by atoms with Crippen molar-refractivity contribution in [3.8, 4) is 6.07 Å². The number of hydrogen-bond donors (Lipinski definition) is 1. The largest absolute Gasteiger partial charge is 0.417 e. The van der Waals surface area contributed by atoms with Crippen LogP contribution in [0, 0.1) is 24.1 Å². The Balaban J connectivity index is 1.29. The average Bonchev–Trinajstić information content (AvgIpc) is 2.99. The number of pyridine rings is 1. The summed E-state index contributed by atoms with van der Waals surface area (Å²) in [4.78, 5) is 39.2. The van der Waals surface area contributed by atoms with Gasteiger partial charge in [0.05, 0.1) is 16.9 Å². The minimum atomic E-state index is -4.78. The Morgan fingerprint density at radius 1 is 1.18 bits per heavy atom. The van der Waals surface area contributed by atoms with Crippen molar-refractivity contribution in [3.63, 3.8) is 0 Å². The van der Waals surface area contributed by atoms with E-state index in [0.717, 1.165) is 32.2 Å². The van der Waals surface area contributed by atoms with E-state index in [1.165, 1.54) is 37.1 Å². The lowest BCUT2D eigenvalue weighted by molar-refractivity contribution is -0.137. The van der Waals surface area contributed by atoms with Crippen molar-refractivity contribution in [2.75, 3.05) is 81.1 Å². The summed E-state index contributed by atoms with van der Waals surface area (Å²) in [7, 11) is 1.50. The molecule has 5 rings (SSSR count). The van der Waals surface area contributed by atoms with Crippen LogP contribution in [-0.4, -0.2) is 110 Å². The number of aromatic nitrogens is 1. The Kier molecular flexibility index (Phi) is 9.31. The summed E-state index contributed by atoms with van der Waals surface area (Å²) < 4.78 is 56.4. The normalized spacial score (nSPS) is 20.2. The van der Waals surface area contributed by atoms with Crippen LogP contribution in [0.3, 0.4) is 0 Å². The number of nitrogens with one attached hydrogen (secondary N) is 1. The maximum Gasteiger partial charge on any atom is 0.417 e. The molecular formula is C31H36F4N8O2. The van der Waals surface area contributed by atoms with E-state index < -0.39 is 35.1 Å². The van der Waals surface area contributed by atoms with Crippen LogP contribution < -0.4 is 15.1 Å². The summed E-state index contributed by atoms with van der Waals surface area (Å²) >= 11 is 0. The minimum absolute atomic E-state index is 0.0458. The van der Waals surface area contributed by atoms with Gasteiger partial charge in [-0.05, 0) is 37.6 Å². The van der Waals surface area contributed by atoms with Gasteiger partial charge in [-0.15, -0.1) is 0 Å². The van der Waals surface area contributed by atoms with Crippen molar-refractivity contribution in [1.29, 1.82) is 5.26 Å². The number of hydrogen-bond acceptors (Lipinski definition) is 8. The minimum Gasteiger partial charge on any atom is -0.366 e. The van der Waals surface area contributed by atoms with Crippen molar-refractivity contribution < 1.29 is 27.2 Å². The van der Waals surface area contributed by atoms with Gasteiger partial charge in [-0.3, -0.25) is 19.4 Å². The highest BCUT2D eigenvalue weighted by Gasteiger charge is 2.38. The lowest BCUT2D eigenvalue weighted by atomic mass is 10.0. The number of rotatable bonds is 7. The fourth-order valence-electron chi connectivity index (χ4n) is 6.25. The zero-order chi connectivity index (χ0) is 32.5. The van der Waals surface area contributed by atoms with Gasteiger partial charge in [0.25, 0.3) is 0 Å². The number of amides is 2. The molecule has 2 fully saturated rings. The molecule has 4 heterocycles. The summed E-state index contributed by atoms with van der Waals surface area (Å²) in [6, 6.07) is 6.24. The first-order valence-corrected chi connectivity index (χ1v) is 14.9. The number of likely N-dealkylation sites (tertiary alicyclic amines) is 1. The lowest BCUT2D eigenvalue weighted by Gasteiger charge is -2.48. The van der Waals surface area contributed by atoms with Crippen LogP contribution in [0.2, 0.25) is 0 Å². The highest BCUT2D eigenvalue weighted by atomic mass is 19.4. The molecule has 0 bridgehead atoms. The molecule has 2 aromatic rings. The molecule has 0 saturated carbocycles. The summed E-state index contributed by atoms with van der Waals surface area (Å²) in [6.45, 7) is 10.9. The molecule has 3 aliphatic heterocycles. The number of likely N-dealkylation sites (N-methyl/N-ethyl adjacent to an activating group) is 1. The number of carbonyl (C=O) groups is 2. The number of aryl methyl sites for hydroxylation is 1. The topological polar surface area (TPSA) is 99.0 Å². The van der Waals surface area contributed by atoms with E-state index in [4.69, 9.17) is 0 Å². The molecule has 14 heteroatoms. The van der Waals surface area contributed by atoms with E-state index in [0.29, 0.717) is 37.9 Å². The number of carbonyl (C=O) groups excluding carboxylic acids is 2. The highest BCUT2D eigenvalue weighted by Crippen LogP contribution is 2.37. The number of piperazine rings is 1. The Bertz CT molecular complexity index is 1500. The molecule has 1 atom stereocenters. The van der Waals surface area contributed by atoms with Crippen LogP contribution in [0.15, 0.2) is 36.9 Å². The number of nitrogens with zero attached hydrogens (tertiary/aromatic N) is 7. The molecule has 45 heavy (non-hydrogen) atoms. The van der Waals surface area contributed by atoms with Crippen LogP contribution in [0.4, 0.5) is 34.8 Å². The maximum absolute atomic E-state index is 15.3. The van der Waals surface area contributed by atoms with Crippen molar-refractivity contribution >= 4 is 29.0 Å². The molecule has 0 unspecified atom stereocenters. The second-order valence-electron chi connectivity index (χ2n) is 11.6. The number of anilines is 3. The van der Waals surface area contributed by atoms with Gasteiger partial charge in [0.2, 0.25) is 11.8 Å². The first-order valence-electron chi connectivity index (χ1n) is 14.9. The lowest BCUT2D eigenvalue weighted by Crippen LogP contribution is -2.64. The smallest absolute Gasteiger partial charge is 0.366 e. The number of para-hydroxylation sites is 1. The van der Waals surface area contributed by atoms with Crippen LogP contribution in [0.25, 0.3) is 0 Å². The van der Waals surface area contributed by atoms with Crippen LogP contribution in [0.1, 0.15) is 23.2 Å². The predicted octanol–water partition coefficient (Wildman–Crippen LogP) is 3.09. The maximum atomic E-state index is 15.3. The highest BCUT2D eigenvalue weighted by molar-refractivity contribution is 6.01. The quantitative estimate of drug-likeness (QED) is 0.369. The molecule has 10 nitrogen and oxygen atoms in total. The summed E-state index contributed by atoms with van der Waals surface area (Å²) in [5, 5.41) is 12.4. The molecule has 2 saturated heterocycles. The van der Waals surface area contributed by atoms with Crippen LogP contribution >= 0.6 is 0 Å². The Morgan fingerprint density at radius 2 is 1.89 bits per heavy atom. The number of benzene rings is 1. The third-order valence-electron chi connectivity index (χ3n) is 8.78. The van der Waals surface area contributed by atoms with Gasteiger partial charge >= 0.3 is 6.18 Å². The molecule has 0 aliphatic carbocycles. The van der Waals surface area contributed by atoms with Crippen molar-refractivity contribution in [2.24, 2.45) is 0 Å². The monoisotopic (exact) mass is 628 g/mol. The third kappa shape index (κ3) is 6.74. The number of alkyl halides is 3. The second kappa shape index (κ2) is 13.0. The van der Waals surface area contributed by atoms with Crippen molar-refractivity contribution in [2.45, 2.75) is 31.6 Å². The fourth-order valence-corrected chi connectivity index (χ4v) is 6.25. The molecule has 0 radical (unpaired) electrons. The number of fused-ring (bicyclic) bond motifs is 1. The Labute approximate surface area is 259 Å². The van der Waals surface area contributed by atoms with E-state index in [-0.39, 0.29) is 36.1 Å². The van der Waals surface area contributed by atoms with Crippen LogP contribution in [0.5, 0.6) is 0 Å². The van der Waals surface area contributed by atoms with E-state index >= 15 is 4.39 Å². The molecule has 240 valence electrons. The Hall–Kier alpha value is -4.22. The van der Waals surface area contributed by atoms with E-state index in [2.05, 4.69) is 26.7 Å². The molecule has 1 aromatic heterocycles. The van der Waals surface area contributed by atoms with Gasteiger partial charge in [-0.1, -0.05) is 12.6 Å². The van der Waals surface area contributed by atoms with Crippen molar-refractivity contribution in [1.82, 2.24) is 19.7 Å². The molecule has 0 spiro atoms. The molecule has 1 N–H and O–H groups in total. The van der Waals surface area contributed by atoms with Gasteiger partial charge in [0, 0.05) is 77.7 Å². The first kappa shape index (κ1) is 32.2. The predicted molar refractivity (Wildman–Crippen MR) is 161 cm³/mol. The number of halogens is 4. The molecular weight excluding hydrogens is 592 g/mol. The zero-order valence-corrected chi connectivity index (χ0v) is 25.3. The SMILES string of the molecule is C=CC(=O)N1CCN(C2CN(CCN3CC[C@H](Nc4nc(C)cc(C(F)(F)F)c4C#N)C(=O)N(C)c4cccc(F)c43)C2)CC1.